The number of phenolic OH excluding ortho intramolecular Hbond substituents is 2. The lowest BCUT2D eigenvalue weighted by molar-refractivity contribution is -0.911. The first kappa shape index (κ1) is 35.4. The molecule has 2 aromatic rings. The van der Waals surface area contributed by atoms with Crippen molar-refractivity contribution in [1.29, 1.82) is 0 Å². The lowest BCUT2D eigenvalue weighted by atomic mass is 10.0. The minimum Gasteiger partial charge on any atom is -0.543 e. The standard InChI is InChI=1S/C30H35N7O10S2/c1-30(2,28(45)46)47-35-19(17-14-49-29(31)33-17)24(41)34-20-25(42)36-21(27(43)44)15(13-48-26(20)36)12-37(9-3-4-10-37)11-8-32-23(40)16-6-5-7-18(38)22(16)39/h5-7,14,20,26H,3-4,8-13H2,1-2H3,(H7-,31,32,33,34,35,38,39,40,41,43,44,45,46)/t20-,26-/m1/s1. The van der Waals surface area contributed by atoms with Gasteiger partial charge in [-0.1, -0.05) is 11.2 Å². The Bertz CT molecular complexity index is 1750. The van der Waals surface area contributed by atoms with E-state index in [-0.39, 0.29) is 40.9 Å². The molecule has 0 unspecified atom stereocenters. The van der Waals surface area contributed by atoms with Crippen molar-refractivity contribution in [2.24, 2.45) is 5.16 Å². The fraction of sp³-hybridized carbons (Fsp3) is 0.433. The highest BCUT2D eigenvalue weighted by Crippen LogP contribution is 2.41. The number of aromatic nitrogens is 1. The van der Waals surface area contributed by atoms with Crippen LogP contribution in [0.2, 0.25) is 0 Å². The lowest BCUT2D eigenvalue weighted by Crippen LogP contribution is -2.72. The number of phenols is 2. The van der Waals surface area contributed by atoms with Crippen LogP contribution in [0.5, 0.6) is 11.5 Å². The number of nitrogens with zero attached hydrogens (tertiary/aromatic N) is 4. The molecule has 0 saturated carbocycles. The third-order valence-corrected chi connectivity index (χ3v) is 10.6. The number of thiazole rings is 1. The van der Waals surface area contributed by atoms with Gasteiger partial charge in [-0.2, -0.15) is 0 Å². The number of carbonyl (C=O) groups is 5. The summed E-state index contributed by atoms with van der Waals surface area (Å²) >= 11 is 2.27. The highest BCUT2D eigenvalue weighted by atomic mass is 32.2. The number of amides is 3. The van der Waals surface area contributed by atoms with Crippen molar-refractivity contribution in [2.45, 2.75) is 43.7 Å². The van der Waals surface area contributed by atoms with Crippen LogP contribution in [-0.2, 0) is 24.0 Å². The van der Waals surface area contributed by atoms with Crippen molar-refractivity contribution < 1.29 is 53.7 Å². The van der Waals surface area contributed by atoms with Gasteiger partial charge >= 0.3 is 5.97 Å². The van der Waals surface area contributed by atoms with E-state index >= 15 is 0 Å². The summed E-state index contributed by atoms with van der Waals surface area (Å²) in [6.07, 6.45) is 1.76. The molecule has 17 nitrogen and oxygen atoms in total. The quantitative estimate of drug-likeness (QED) is 0.0487. The number of carboxylic acids is 2. The van der Waals surface area contributed by atoms with E-state index in [2.05, 4.69) is 20.8 Å². The second-order valence-electron chi connectivity index (χ2n) is 12.3. The number of hydrogen-bond acceptors (Lipinski definition) is 14. The maximum Gasteiger partial charge on any atom is 0.350 e. The number of aliphatic carboxylic acids is 2. The Morgan fingerprint density at radius 1 is 1.22 bits per heavy atom. The van der Waals surface area contributed by atoms with E-state index in [9.17, 15) is 44.4 Å². The van der Waals surface area contributed by atoms with Crippen LogP contribution in [-0.4, -0.2) is 121 Å². The molecule has 1 aromatic heterocycles. The molecule has 2 atom stereocenters. The van der Waals surface area contributed by atoms with E-state index < -0.39 is 63.9 Å². The molecular formula is C30H35N7O10S2. The number of likely N-dealkylation sites (tertiary alicyclic amines) is 1. The topological polar surface area (TPSA) is 257 Å². The van der Waals surface area contributed by atoms with Crippen LogP contribution in [0.4, 0.5) is 5.13 Å². The van der Waals surface area contributed by atoms with Crippen molar-refractivity contribution >= 4 is 63.6 Å². The average molecular weight is 718 g/mol. The van der Waals surface area contributed by atoms with Gasteiger partial charge in [0.1, 0.15) is 23.7 Å². The second-order valence-corrected chi connectivity index (χ2v) is 14.3. The number of quaternary nitrogens is 1. The molecule has 19 heteroatoms. The third-order valence-electron chi connectivity index (χ3n) is 8.56. The molecule has 5 rings (SSSR count). The lowest BCUT2D eigenvalue weighted by Gasteiger charge is -2.51. The van der Waals surface area contributed by atoms with Gasteiger partial charge in [0.05, 0.1) is 43.4 Å². The number of aromatic hydroxyl groups is 2. The second kappa shape index (κ2) is 13.9. The smallest absolute Gasteiger partial charge is 0.350 e. The van der Waals surface area contributed by atoms with Crippen LogP contribution in [0.1, 0.15) is 42.7 Å². The summed E-state index contributed by atoms with van der Waals surface area (Å²) in [5, 5.41) is 51.4. The largest absolute Gasteiger partial charge is 0.543 e. The molecule has 4 heterocycles. The highest BCUT2D eigenvalue weighted by Gasteiger charge is 2.54. The molecule has 0 radical (unpaired) electrons. The number of nitrogens with two attached hydrogens (primary N) is 1. The molecule has 1 aromatic carbocycles. The van der Waals surface area contributed by atoms with E-state index in [0.717, 1.165) is 29.1 Å². The third kappa shape index (κ3) is 7.27. The molecule has 0 aliphatic carbocycles. The predicted octanol–water partition coefficient (Wildman–Crippen LogP) is -0.835. The summed E-state index contributed by atoms with van der Waals surface area (Å²) in [7, 11) is 0. The highest BCUT2D eigenvalue weighted by molar-refractivity contribution is 8.00. The van der Waals surface area contributed by atoms with Gasteiger partial charge in [0.25, 0.3) is 17.7 Å². The minimum absolute atomic E-state index is 0.00624. The van der Waals surface area contributed by atoms with Gasteiger partial charge in [-0.25, -0.2) is 9.78 Å². The molecule has 0 spiro atoms. The number of para-hydroxylation sites is 1. The van der Waals surface area contributed by atoms with Gasteiger partial charge in [-0.05, 0) is 26.0 Å². The number of nitrogens with one attached hydrogen (secondary N) is 2. The van der Waals surface area contributed by atoms with E-state index in [0.29, 0.717) is 29.7 Å². The van der Waals surface area contributed by atoms with E-state index in [1.54, 1.807) is 0 Å². The molecule has 2 saturated heterocycles. The first-order valence-electron chi connectivity index (χ1n) is 15.2. The van der Waals surface area contributed by atoms with E-state index in [1.807, 2.05) is 0 Å². The minimum atomic E-state index is -1.80. The van der Waals surface area contributed by atoms with Gasteiger partial charge in [-0.3, -0.25) is 19.3 Å². The molecule has 49 heavy (non-hydrogen) atoms. The summed E-state index contributed by atoms with van der Waals surface area (Å²) in [6.45, 7) is 4.82. The molecule has 262 valence electrons. The van der Waals surface area contributed by atoms with Gasteiger partial charge in [0.15, 0.2) is 22.3 Å². The summed E-state index contributed by atoms with van der Waals surface area (Å²) in [6, 6.07) is 2.94. The van der Waals surface area contributed by atoms with Gasteiger partial charge in [0, 0.05) is 29.5 Å². The summed E-state index contributed by atoms with van der Waals surface area (Å²) in [4.78, 5) is 73.7. The Kier molecular flexibility index (Phi) is 10.1. The number of fused-ring (bicyclic) bond motifs is 1. The Morgan fingerprint density at radius 3 is 2.57 bits per heavy atom. The van der Waals surface area contributed by atoms with Gasteiger partial charge < -0.3 is 50.9 Å². The van der Waals surface area contributed by atoms with Crippen molar-refractivity contribution in [2.75, 3.05) is 44.2 Å². The van der Waals surface area contributed by atoms with Crippen LogP contribution >= 0.6 is 23.1 Å². The van der Waals surface area contributed by atoms with Crippen LogP contribution in [0, 0.1) is 0 Å². The normalized spacial score (nSPS) is 20.3. The number of thioether (sulfide) groups is 1. The maximum absolute atomic E-state index is 13.4. The first-order valence-corrected chi connectivity index (χ1v) is 17.1. The molecular weight excluding hydrogens is 683 g/mol. The Hall–Kier alpha value is -4.88. The number of β-lactam (4-membered cyclic amide) rings is 1. The number of nitrogen functional groups attached to an aromatic ring is 1. The number of oxime groups is 1. The van der Waals surface area contributed by atoms with Gasteiger partial charge in [0.2, 0.25) is 5.60 Å². The van der Waals surface area contributed by atoms with Crippen molar-refractivity contribution in [1.82, 2.24) is 20.5 Å². The predicted molar refractivity (Wildman–Crippen MR) is 174 cm³/mol. The fourth-order valence-corrected chi connectivity index (χ4v) is 7.77. The number of anilines is 1. The molecule has 3 aliphatic rings. The SMILES string of the molecule is CC(C)(O/N=C(\C(=O)N[C@@H]1C(=O)N2C(C(=O)[O-])=C(C[N+]3(CCNC(=O)c4cccc(O)c4O)CCCC3)CS[C@H]12)c1csc(N)n1)C(=O)O. The fourth-order valence-electron chi connectivity index (χ4n) is 5.89. The van der Waals surface area contributed by atoms with Crippen molar-refractivity contribution in [3.8, 4) is 11.5 Å². The Balaban J connectivity index is 1.30. The molecule has 3 aliphatic heterocycles. The zero-order valence-corrected chi connectivity index (χ0v) is 28.1. The number of rotatable bonds is 13. The molecule has 2 fully saturated rings. The van der Waals surface area contributed by atoms with Crippen LogP contribution in [0.3, 0.4) is 0 Å². The number of hydrogen-bond donors (Lipinski definition) is 6. The van der Waals surface area contributed by atoms with E-state index in [4.69, 9.17) is 10.6 Å². The van der Waals surface area contributed by atoms with Crippen LogP contribution in [0.15, 0.2) is 40.0 Å². The Labute approximate surface area is 288 Å². The maximum atomic E-state index is 13.4. The summed E-state index contributed by atoms with van der Waals surface area (Å²) < 4.78 is 0.453. The summed E-state index contributed by atoms with van der Waals surface area (Å²) in [5.41, 5.74) is 3.64. The van der Waals surface area contributed by atoms with Crippen molar-refractivity contribution in [3.63, 3.8) is 0 Å². The molecule has 3 amide bonds. The number of carboxylic acid groups (broad SMARTS) is 2. The van der Waals surface area contributed by atoms with Crippen molar-refractivity contribution in [3.05, 3.63) is 46.1 Å². The van der Waals surface area contributed by atoms with Gasteiger partial charge in [-0.15, -0.1) is 23.1 Å². The number of carbonyl (C=O) groups excluding carboxylic acids is 4. The average Bonchev–Trinajstić information content (AvgIpc) is 3.69. The summed E-state index contributed by atoms with van der Waals surface area (Å²) in [5.74, 6) is -5.75. The number of benzene rings is 1. The monoisotopic (exact) mass is 717 g/mol. The van der Waals surface area contributed by atoms with E-state index in [1.165, 1.54) is 49.2 Å². The first-order chi connectivity index (χ1) is 23.1. The zero-order valence-electron chi connectivity index (χ0n) is 26.5. The van der Waals surface area contributed by atoms with Crippen LogP contribution in [0.25, 0.3) is 0 Å². The zero-order chi connectivity index (χ0) is 35.7. The molecule has 7 N–H and O–H groups in total. The van der Waals surface area contributed by atoms with Crippen LogP contribution < -0.4 is 21.5 Å². The Morgan fingerprint density at radius 2 is 1.94 bits per heavy atom. The molecule has 0 bridgehead atoms.